The SMILES string of the molecule is c1nc2nc(NCc3ccc4c(c3)OCO4)nc(Nc3ccc(N4CCOCC4)cc3)c2[nH]1. The maximum atomic E-state index is 5.46. The number of anilines is 4. The van der Waals surface area contributed by atoms with Crippen LogP contribution in [0.5, 0.6) is 11.5 Å². The van der Waals surface area contributed by atoms with E-state index >= 15 is 0 Å². The van der Waals surface area contributed by atoms with Crippen LogP contribution in [0.1, 0.15) is 5.56 Å². The summed E-state index contributed by atoms with van der Waals surface area (Å²) >= 11 is 0. The lowest BCUT2D eigenvalue weighted by atomic mass is 10.2. The highest BCUT2D eigenvalue weighted by atomic mass is 16.7. The number of fused-ring (bicyclic) bond motifs is 2. The van der Waals surface area contributed by atoms with E-state index in [-0.39, 0.29) is 6.79 Å². The molecule has 10 nitrogen and oxygen atoms in total. The van der Waals surface area contributed by atoms with Gasteiger partial charge in [0.25, 0.3) is 0 Å². The maximum absolute atomic E-state index is 5.46. The number of nitrogens with zero attached hydrogens (tertiary/aromatic N) is 4. The average molecular weight is 445 g/mol. The Morgan fingerprint density at radius 2 is 1.82 bits per heavy atom. The van der Waals surface area contributed by atoms with Crippen molar-refractivity contribution >= 4 is 34.3 Å². The standard InChI is InChI=1S/C23H23N7O3/c1-6-18-19(33-14-32-18)11-15(1)12-24-23-28-21-20(25-13-26-21)22(29-23)27-16-2-4-17(5-3-16)30-7-9-31-10-8-30/h1-6,11,13H,7-10,12,14H2,(H3,24,25,26,27,28,29). The fraction of sp³-hybridized carbons (Fsp3) is 0.261. The molecule has 168 valence electrons. The number of imidazole rings is 1. The van der Waals surface area contributed by atoms with Crippen LogP contribution in [0.3, 0.4) is 0 Å². The molecule has 0 saturated carbocycles. The molecule has 0 bridgehead atoms. The molecular formula is C23H23N7O3. The van der Waals surface area contributed by atoms with E-state index in [0.29, 0.717) is 24.0 Å². The molecule has 0 aliphatic carbocycles. The number of hydrogen-bond acceptors (Lipinski definition) is 9. The second-order valence-corrected chi connectivity index (χ2v) is 7.81. The molecule has 0 amide bonds. The molecule has 2 aromatic carbocycles. The Morgan fingerprint density at radius 1 is 0.970 bits per heavy atom. The first kappa shape index (κ1) is 19.6. The number of aromatic amines is 1. The molecule has 0 radical (unpaired) electrons. The summed E-state index contributed by atoms with van der Waals surface area (Å²) in [7, 11) is 0. The third-order valence-corrected chi connectivity index (χ3v) is 5.68. The van der Waals surface area contributed by atoms with E-state index in [1.807, 2.05) is 18.2 Å². The Morgan fingerprint density at radius 3 is 2.70 bits per heavy atom. The molecule has 1 saturated heterocycles. The van der Waals surface area contributed by atoms with Crippen molar-refractivity contribution in [1.29, 1.82) is 0 Å². The highest BCUT2D eigenvalue weighted by Gasteiger charge is 2.15. The summed E-state index contributed by atoms with van der Waals surface area (Å²) in [5.74, 6) is 2.66. The normalized spacial score (nSPS) is 15.1. The smallest absolute Gasteiger partial charge is 0.231 e. The van der Waals surface area contributed by atoms with Crippen LogP contribution in [-0.4, -0.2) is 53.0 Å². The molecule has 0 spiro atoms. The van der Waals surface area contributed by atoms with Gasteiger partial charge in [0.15, 0.2) is 23.0 Å². The van der Waals surface area contributed by atoms with Crippen molar-refractivity contribution in [2.24, 2.45) is 0 Å². The minimum Gasteiger partial charge on any atom is -0.454 e. The Kier molecular flexibility index (Phi) is 5.04. The van der Waals surface area contributed by atoms with Crippen molar-refractivity contribution in [1.82, 2.24) is 19.9 Å². The van der Waals surface area contributed by atoms with Crippen LogP contribution in [-0.2, 0) is 11.3 Å². The van der Waals surface area contributed by atoms with Crippen LogP contribution in [0.25, 0.3) is 11.2 Å². The van der Waals surface area contributed by atoms with Crippen molar-refractivity contribution in [3.05, 3.63) is 54.4 Å². The average Bonchev–Trinajstić information content (AvgIpc) is 3.53. The summed E-state index contributed by atoms with van der Waals surface area (Å²) in [6.45, 7) is 4.15. The van der Waals surface area contributed by atoms with E-state index in [1.54, 1.807) is 6.33 Å². The zero-order chi connectivity index (χ0) is 22.0. The van der Waals surface area contributed by atoms with Gasteiger partial charge in [0, 0.05) is 31.0 Å². The quantitative estimate of drug-likeness (QED) is 0.412. The summed E-state index contributed by atoms with van der Waals surface area (Å²) < 4.78 is 16.3. The highest BCUT2D eigenvalue weighted by Crippen LogP contribution is 2.32. The molecule has 2 aliphatic heterocycles. The first-order chi connectivity index (χ1) is 16.3. The molecule has 10 heteroatoms. The number of ether oxygens (including phenoxy) is 3. The van der Waals surface area contributed by atoms with E-state index in [0.717, 1.165) is 54.6 Å². The van der Waals surface area contributed by atoms with Gasteiger partial charge in [-0.25, -0.2) is 4.98 Å². The molecular weight excluding hydrogens is 422 g/mol. The number of rotatable bonds is 6. The minimum absolute atomic E-state index is 0.258. The van der Waals surface area contributed by atoms with Crippen LogP contribution >= 0.6 is 0 Å². The zero-order valence-corrected chi connectivity index (χ0v) is 17.9. The van der Waals surface area contributed by atoms with Crippen LogP contribution < -0.4 is 25.0 Å². The second-order valence-electron chi connectivity index (χ2n) is 7.81. The third kappa shape index (κ3) is 4.08. The summed E-state index contributed by atoms with van der Waals surface area (Å²) in [6.07, 6.45) is 1.62. The van der Waals surface area contributed by atoms with Gasteiger partial charge in [-0.3, -0.25) is 0 Å². The van der Waals surface area contributed by atoms with Gasteiger partial charge in [0.1, 0.15) is 5.52 Å². The Hall–Kier alpha value is -4.05. The molecule has 0 unspecified atom stereocenters. The maximum Gasteiger partial charge on any atom is 0.231 e. The molecule has 0 atom stereocenters. The third-order valence-electron chi connectivity index (χ3n) is 5.68. The molecule has 33 heavy (non-hydrogen) atoms. The summed E-state index contributed by atoms with van der Waals surface area (Å²) in [5, 5.41) is 6.68. The van der Waals surface area contributed by atoms with Crippen molar-refractivity contribution in [3.63, 3.8) is 0 Å². The molecule has 3 N–H and O–H groups in total. The van der Waals surface area contributed by atoms with Gasteiger partial charge in [-0.2, -0.15) is 9.97 Å². The first-order valence-electron chi connectivity index (χ1n) is 10.9. The number of benzene rings is 2. The van der Waals surface area contributed by atoms with Gasteiger partial charge in [0.05, 0.1) is 19.5 Å². The Balaban J connectivity index is 1.20. The molecule has 4 aromatic rings. The lowest BCUT2D eigenvalue weighted by molar-refractivity contribution is 0.122. The highest BCUT2D eigenvalue weighted by molar-refractivity contribution is 5.86. The van der Waals surface area contributed by atoms with Crippen molar-refractivity contribution in [2.75, 3.05) is 48.6 Å². The van der Waals surface area contributed by atoms with Crippen molar-refractivity contribution in [2.45, 2.75) is 6.54 Å². The van der Waals surface area contributed by atoms with Crippen LogP contribution in [0, 0.1) is 0 Å². The summed E-state index contributed by atoms with van der Waals surface area (Å²) in [4.78, 5) is 19.0. The number of morpholine rings is 1. The topological polar surface area (TPSA) is 109 Å². The fourth-order valence-electron chi connectivity index (χ4n) is 3.95. The fourth-order valence-corrected chi connectivity index (χ4v) is 3.95. The largest absolute Gasteiger partial charge is 0.454 e. The van der Waals surface area contributed by atoms with Crippen LogP contribution in [0.2, 0.25) is 0 Å². The van der Waals surface area contributed by atoms with Gasteiger partial charge in [-0.1, -0.05) is 6.07 Å². The van der Waals surface area contributed by atoms with Gasteiger partial charge in [-0.15, -0.1) is 0 Å². The van der Waals surface area contributed by atoms with Crippen LogP contribution in [0.4, 0.5) is 23.1 Å². The predicted octanol–water partition coefficient (Wildman–Crippen LogP) is 3.27. The summed E-state index contributed by atoms with van der Waals surface area (Å²) in [5.41, 5.74) is 4.50. The van der Waals surface area contributed by atoms with Gasteiger partial charge in [-0.05, 0) is 42.0 Å². The lowest BCUT2D eigenvalue weighted by Crippen LogP contribution is -2.36. The minimum atomic E-state index is 0.258. The van der Waals surface area contributed by atoms with Crippen molar-refractivity contribution < 1.29 is 14.2 Å². The summed E-state index contributed by atoms with van der Waals surface area (Å²) in [6, 6.07) is 14.2. The number of aromatic nitrogens is 4. The van der Waals surface area contributed by atoms with E-state index in [4.69, 9.17) is 14.2 Å². The van der Waals surface area contributed by atoms with Crippen molar-refractivity contribution in [3.8, 4) is 11.5 Å². The molecule has 4 heterocycles. The van der Waals surface area contributed by atoms with Gasteiger partial charge < -0.3 is 34.7 Å². The molecule has 2 aliphatic rings. The Bertz CT molecular complexity index is 1270. The monoisotopic (exact) mass is 445 g/mol. The van der Waals surface area contributed by atoms with Crippen LogP contribution in [0.15, 0.2) is 48.8 Å². The lowest BCUT2D eigenvalue weighted by Gasteiger charge is -2.28. The number of nitrogens with one attached hydrogen (secondary N) is 3. The zero-order valence-electron chi connectivity index (χ0n) is 17.9. The van der Waals surface area contributed by atoms with E-state index in [9.17, 15) is 0 Å². The predicted molar refractivity (Wildman–Crippen MR) is 124 cm³/mol. The number of H-pyrrole nitrogens is 1. The number of hydrogen-bond donors (Lipinski definition) is 3. The van der Waals surface area contributed by atoms with E-state index in [1.165, 1.54) is 5.69 Å². The molecule has 6 rings (SSSR count). The Labute approximate surface area is 189 Å². The van der Waals surface area contributed by atoms with E-state index in [2.05, 4.69) is 59.7 Å². The first-order valence-corrected chi connectivity index (χ1v) is 10.9. The molecule has 1 fully saturated rings. The van der Waals surface area contributed by atoms with E-state index < -0.39 is 0 Å². The second kappa shape index (κ2) is 8.47. The van der Waals surface area contributed by atoms with Gasteiger partial charge in [0.2, 0.25) is 12.7 Å². The molecule has 2 aromatic heterocycles. The van der Waals surface area contributed by atoms with Gasteiger partial charge >= 0.3 is 0 Å².